The summed E-state index contributed by atoms with van der Waals surface area (Å²) < 4.78 is 5.17. The number of aryl methyl sites for hydroxylation is 2. The van der Waals surface area contributed by atoms with E-state index >= 15 is 0 Å². The van der Waals surface area contributed by atoms with Crippen molar-refractivity contribution in [3.05, 3.63) is 59.7 Å². The van der Waals surface area contributed by atoms with Gasteiger partial charge in [-0.25, -0.2) is 0 Å². The fourth-order valence-electron chi connectivity index (χ4n) is 3.65. The molecule has 0 saturated carbocycles. The Hall–Kier alpha value is -2.49. The van der Waals surface area contributed by atoms with Gasteiger partial charge in [0.1, 0.15) is 5.75 Å². The van der Waals surface area contributed by atoms with Gasteiger partial charge in [-0.2, -0.15) is 0 Å². The average Bonchev–Trinajstić information content (AvgIpc) is 3.16. The third-order valence-electron chi connectivity index (χ3n) is 5.27. The zero-order chi connectivity index (χ0) is 19.1. The molecule has 0 aromatic heterocycles. The first-order valence-corrected chi connectivity index (χ1v) is 9.85. The molecule has 0 aliphatic carbocycles. The summed E-state index contributed by atoms with van der Waals surface area (Å²) in [7, 11) is 1.67. The Balaban J connectivity index is 1.34. The van der Waals surface area contributed by atoms with Crippen LogP contribution in [0.4, 0.5) is 5.69 Å². The molecule has 1 amide bonds. The molecule has 4 nitrogen and oxygen atoms in total. The highest BCUT2D eigenvalue weighted by atomic mass is 16.5. The molecule has 1 heterocycles. The SMILES string of the molecule is COc1ccc(CCCC(=O)NC[C@H]2CCN(c3cccc(C)c3)C2)cc1. The lowest BCUT2D eigenvalue weighted by Crippen LogP contribution is -2.30. The molecular weight excluding hydrogens is 336 g/mol. The Labute approximate surface area is 162 Å². The minimum atomic E-state index is 0.164. The fraction of sp³-hybridized carbons (Fsp3) is 0.435. The van der Waals surface area contributed by atoms with Crippen molar-refractivity contribution in [2.45, 2.75) is 32.6 Å². The van der Waals surface area contributed by atoms with E-state index in [1.807, 2.05) is 12.1 Å². The summed E-state index contributed by atoms with van der Waals surface area (Å²) in [6.45, 7) is 5.00. The van der Waals surface area contributed by atoms with Crippen LogP contribution in [0.5, 0.6) is 5.75 Å². The van der Waals surface area contributed by atoms with E-state index < -0.39 is 0 Å². The number of benzene rings is 2. The summed E-state index contributed by atoms with van der Waals surface area (Å²) in [5, 5.41) is 3.13. The van der Waals surface area contributed by atoms with Crippen LogP contribution in [0.1, 0.15) is 30.4 Å². The van der Waals surface area contributed by atoms with E-state index in [1.54, 1.807) is 7.11 Å². The normalized spacial score (nSPS) is 16.4. The van der Waals surface area contributed by atoms with Crippen molar-refractivity contribution in [1.29, 1.82) is 0 Å². The molecule has 1 fully saturated rings. The third kappa shape index (κ3) is 5.75. The van der Waals surface area contributed by atoms with Gasteiger partial charge in [-0.1, -0.05) is 24.3 Å². The Morgan fingerprint density at radius 3 is 2.78 bits per heavy atom. The van der Waals surface area contributed by atoms with Gasteiger partial charge in [-0.15, -0.1) is 0 Å². The summed E-state index contributed by atoms with van der Waals surface area (Å²) >= 11 is 0. The first-order chi connectivity index (χ1) is 13.1. The third-order valence-corrected chi connectivity index (χ3v) is 5.27. The number of nitrogens with one attached hydrogen (secondary N) is 1. The van der Waals surface area contributed by atoms with Gasteiger partial charge in [0.25, 0.3) is 0 Å². The van der Waals surface area contributed by atoms with E-state index in [-0.39, 0.29) is 5.91 Å². The van der Waals surface area contributed by atoms with Crippen molar-refractivity contribution >= 4 is 11.6 Å². The number of anilines is 1. The minimum Gasteiger partial charge on any atom is -0.497 e. The van der Waals surface area contributed by atoms with Gasteiger partial charge in [-0.3, -0.25) is 4.79 Å². The number of methoxy groups -OCH3 is 1. The topological polar surface area (TPSA) is 41.6 Å². The lowest BCUT2D eigenvalue weighted by molar-refractivity contribution is -0.121. The molecule has 2 aromatic rings. The number of ether oxygens (including phenoxy) is 1. The highest BCUT2D eigenvalue weighted by molar-refractivity contribution is 5.75. The summed E-state index contributed by atoms with van der Waals surface area (Å²) in [4.78, 5) is 14.6. The standard InChI is InChI=1S/C23H30N2O2/c1-18-5-3-7-21(15-18)25-14-13-20(17-25)16-24-23(26)8-4-6-19-9-11-22(27-2)12-10-19/h3,5,7,9-12,15,20H,4,6,8,13-14,16-17H2,1-2H3,(H,24,26)/t20-/m1/s1. The van der Waals surface area contributed by atoms with Crippen LogP contribution < -0.4 is 15.0 Å². The number of hydrogen-bond donors (Lipinski definition) is 1. The first kappa shape index (κ1) is 19.3. The largest absolute Gasteiger partial charge is 0.497 e. The van der Waals surface area contributed by atoms with Crippen LogP contribution in [0.25, 0.3) is 0 Å². The van der Waals surface area contributed by atoms with Crippen molar-refractivity contribution in [3.8, 4) is 5.75 Å². The number of carbonyl (C=O) groups excluding carboxylic acids is 1. The second kappa shape index (κ2) is 9.45. The Kier molecular flexibility index (Phi) is 6.74. The highest BCUT2D eigenvalue weighted by Gasteiger charge is 2.23. The van der Waals surface area contributed by atoms with Crippen LogP contribution in [0.15, 0.2) is 48.5 Å². The maximum atomic E-state index is 12.1. The van der Waals surface area contributed by atoms with Gasteiger partial charge in [0.15, 0.2) is 0 Å². The molecule has 0 radical (unpaired) electrons. The zero-order valence-electron chi connectivity index (χ0n) is 16.4. The fourth-order valence-corrected chi connectivity index (χ4v) is 3.65. The number of amides is 1. The van der Waals surface area contributed by atoms with Crippen LogP contribution in [0, 0.1) is 12.8 Å². The van der Waals surface area contributed by atoms with E-state index in [4.69, 9.17) is 4.74 Å². The monoisotopic (exact) mass is 366 g/mol. The number of nitrogens with zero attached hydrogens (tertiary/aromatic N) is 1. The molecule has 1 saturated heterocycles. The van der Waals surface area contributed by atoms with Crippen molar-refractivity contribution in [2.75, 3.05) is 31.6 Å². The molecule has 1 aliphatic heterocycles. The molecule has 1 atom stereocenters. The Bertz CT molecular complexity index is 742. The van der Waals surface area contributed by atoms with E-state index in [2.05, 4.69) is 53.5 Å². The van der Waals surface area contributed by atoms with E-state index in [1.165, 1.54) is 16.8 Å². The lowest BCUT2D eigenvalue weighted by Gasteiger charge is -2.19. The first-order valence-electron chi connectivity index (χ1n) is 9.85. The molecule has 0 bridgehead atoms. The van der Waals surface area contributed by atoms with E-state index in [0.717, 1.165) is 44.6 Å². The molecule has 27 heavy (non-hydrogen) atoms. The van der Waals surface area contributed by atoms with Gasteiger partial charge in [0.2, 0.25) is 5.91 Å². The Morgan fingerprint density at radius 1 is 1.22 bits per heavy atom. The van der Waals surface area contributed by atoms with Crippen molar-refractivity contribution in [1.82, 2.24) is 5.32 Å². The highest BCUT2D eigenvalue weighted by Crippen LogP contribution is 2.24. The van der Waals surface area contributed by atoms with Gasteiger partial charge in [0.05, 0.1) is 7.11 Å². The smallest absolute Gasteiger partial charge is 0.220 e. The van der Waals surface area contributed by atoms with Crippen molar-refractivity contribution < 1.29 is 9.53 Å². The lowest BCUT2D eigenvalue weighted by atomic mass is 10.1. The Morgan fingerprint density at radius 2 is 2.04 bits per heavy atom. The minimum absolute atomic E-state index is 0.164. The van der Waals surface area contributed by atoms with Crippen LogP contribution in [-0.4, -0.2) is 32.7 Å². The van der Waals surface area contributed by atoms with Gasteiger partial charge < -0.3 is 15.0 Å². The van der Waals surface area contributed by atoms with Crippen molar-refractivity contribution in [3.63, 3.8) is 0 Å². The average molecular weight is 367 g/mol. The molecule has 0 unspecified atom stereocenters. The molecule has 3 rings (SSSR count). The van der Waals surface area contributed by atoms with Crippen LogP contribution in [-0.2, 0) is 11.2 Å². The van der Waals surface area contributed by atoms with E-state index in [9.17, 15) is 4.79 Å². The molecule has 4 heteroatoms. The van der Waals surface area contributed by atoms with Crippen LogP contribution in [0.2, 0.25) is 0 Å². The molecule has 2 aromatic carbocycles. The summed E-state index contributed by atoms with van der Waals surface area (Å²) in [5.74, 6) is 1.57. The van der Waals surface area contributed by atoms with Crippen LogP contribution >= 0.6 is 0 Å². The summed E-state index contributed by atoms with van der Waals surface area (Å²) in [6, 6.07) is 16.7. The zero-order valence-corrected chi connectivity index (χ0v) is 16.4. The number of hydrogen-bond acceptors (Lipinski definition) is 3. The molecule has 1 aliphatic rings. The summed E-state index contributed by atoms with van der Waals surface area (Å²) in [6.07, 6.45) is 3.51. The second-order valence-corrected chi connectivity index (χ2v) is 7.45. The van der Waals surface area contributed by atoms with E-state index in [0.29, 0.717) is 12.3 Å². The predicted octanol–water partition coefficient (Wildman–Crippen LogP) is 3.97. The van der Waals surface area contributed by atoms with Crippen molar-refractivity contribution in [2.24, 2.45) is 5.92 Å². The maximum absolute atomic E-state index is 12.1. The summed E-state index contributed by atoms with van der Waals surface area (Å²) in [5.41, 5.74) is 3.83. The van der Waals surface area contributed by atoms with Gasteiger partial charge in [-0.05, 0) is 67.5 Å². The molecule has 144 valence electrons. The number of carbonyl (C=O) groups is 1. The van der Waals surface area contributed by atoms with Gasteiger partial charge in [0, 0.05) is 31.7 Å². The predicted molar refractivity (Wildman–Crippen MR) is 110 cm³/mol. The van der Waals surface area contributed by atoms with Gasteiger partial charge >= 0.3 is 0 Å². The number of rotatable bonds is 8. The molecule has 0 spiro atoms. The molecule has 1 N–H and O–H groups in total. The molecular formula is C23H30N2O2. The maximum Gasteiger partial charge on any atom is 0.220 e. The van der Waals surface area contributed by atoms with Crippen LogP contribution in [0.3, 0.4) is 0 Å². The second-order valence-electron chi connectivity index (χ2n) is 7.45. The quantitative estimate of drug-likeness (QED) is 0.769.